The van der Waals surface area contributed by atoms with Crippen LogP contribution in [0, 0.1) is 0 Å². The van der Waals surface area contributed by atoms with Gasteiger partial charge < -0.3 is 10.6 Å². The van der Waals surface area contributed by atoms with Crippen molar-refractivity contribution in [2.75, 3.05) is 18.6 Å². The first kappa shape index (κ1) is 15.0. The maximum Gasteiger partial charge on any atom is 0.239 e. The number of hydrogen-bond donors (Lipinski definition) is 1. The van der Waals surface area contributed by atoms with Gasteiger partial charge in [-0.05, 0) is 18.4 Å². The molecule has 6 heteroatoms. The van der Waals surface area contributed by atoms with E-state index in [0.717, 1.165) is 5.56 Å². The van der Waals surface area contributed by atoms with Crippen LogP contribution in [0.3, 0.4) is 0 Å². The molecule has 5 nitrogen and oxygen atoms in total. The Balaban J connectivity index is 1.97. The number of carbonyl (C=O) groups is 1. The minimum Gasteiger partial charge on any atom is -0.340 e. The highest BCUT2D eigenvalue weighted by atomic mass is 32.2. The summed E-state index contributed by atoms with van der Waals surface area (Å²) in [6.07, 6.45) is 0.964. The molecule has 1 aliphatic rings. The number of hydrogen-bond acceptors (Lipinski definition) is 4. The average Bonchev–Trinajstić information content (AvgIpc) is 2.78. The number of benzene rings is 1. The Morgan fingerprint density at radius 1 is 1.40 bits per heavy atom. The zero-order valence-corrected chi connectivity index (χ0v) is 12.3. The van der Waals surface area contributed by atoms with Crippen LogP contribution in [0.25, 0.3) is 0 Å². The predicted molar refractivity (Wildman–Crippen MR) is 78.0 cm³/mol. The second-order valence-corrected chi connectivity index (χ2v) is 7.53. The van der Waals surface area contributed by atoms with E-state index in [4.69, 9.17) is 5.73 Å². The third kappa shape index (κ3) is 3.58. The molecule has 20 heavy (non-hydrogen) atoms. The molecule has 0 radical (unpaired) electrons. The van der Waals surface area contributed by atoms with Crippen molar-refractivity contribution in [2.24, 2.45) is 5.73 Å². The van der Waals surface area contributed by atoms with Crippen LogP contribution in [0.5, 0.6) is 0 Å². The normalized spacial score (nSPS) is 22.4. The third-order valence-electron chi connectivity index (χ3n) is 3.72. The molecular weight excluding hydrogens is 276 g/mol. The highest BCUT2D eigenvalue weighted by molar-refractivity contribution is 7.91. The summed E-state index contributed by atoms with van der Waals surface area (Å²) < 4.78 is 22.9. The molecule has 1 heterocycles. The van der Waals surface area contributed by atoms with Crippen molar-refractivity contribution < 1.29 is 13.2 Å². The fraction of sp³-hybridized carbons (Fsp3) is 0.500. The Labute approximate surface area is 119 Å². The summed E-state index contributed by atoms with van der Waals surface area (Å²) in [5.41, 5.74) is 6.95. The van der Waals surface area contributed by atoms with E-state index in [1.807, 2.05) is 30.3 Å². The zero-order chi connectivity index (χ0) is 14.8. The van der Waals surface area contributed by atoms with Crippen molar-refractivity contribution in [1.82, 2.24) is 4.90 Å². The lowest BCUT2D eigenvalue weighted by Crippen LogP contribution is -2.47. The monoisotopic (exact) mass is 296 g/mol. The number of sulfone groups is 1. The molecule has 2 rings (SSSR count). The Kier molecular flexibility index (Phi) is 4.45. The third-order valence-corrected chi connectivity index (χ3v) is 5.47. The standard InChI is InChI=1S/C14H20N2O3S/c1-16(12-7-8-20(18,19)10-12)14(17)13(15)9-11-5-3-2-4-6-11/h2-6,12-13H,7-10,15H2,1H3. The second kappa shape index (κ2) is 5.93. The first-order chi connectivity index (χ1) is 9.39. The van der Waals surface area contributed by atoms with Gasteiger partial charge in [-0.2, -0.15) is 0 Å². The Morgan fingerprint density at radius 2 is 2.05 bits per heavy atom. The predicted octanol–water partition coefficient (Wildman–Crippen LogP) is 0.202. The van der Waals surface area contributed by atoms with E-state index in [-0.39, 0.29) is 23.5 Å². The van der Waals surface area contributed by atoms with Gasteiger partial charge in [-0.25, -0.2) is 8.42 Å². The Hall–Kier alpha value is -1.40. The van der Waals surface area contributed by atoms with E-state index in [0.29, 0.717) is 12.8 Å². The molecular formula is C14H20N2O3S. The molecule has 0 saturated carbocycles. The van der Waals surface area contributed by atoms with Gasteiger partial charge in [0, 0.05) is 13.1 Å². The quantitative estimate of drug-likeness (QED) is 0.861. The minimum absolute atomic E-state index is 0.0489. The van der Waals surface area contributed by atoms with Crippen LogP contribution in [0.4, 0.5) is 0 Å². The Morgan fingerprint density at radius 3 is 2.60 bits per heavy atom. The first-order valence-electron chi connectivity index (χ1n) is 6.65. The number of nitrogens with zero attached hydrogens (tertiary/aromatic N) is 1. The minimum atomic E-state index is -2.99. The van der Waals surface area contributed by atoms with Crippen molar-refractivity contribution >= 4 is 15.7 Å². The maximum absolute atomic E-state index is 12.3. The molecule has 1 fully saturated rings. The molecule has 1 aliphatic heterocycles. The second-order valence-electron chi connectivity index (χ2n) is 5.30. The van der Waals surface area contributed by atoms with Crippen molar-refractivity contribution in [3.8, 4) is 0 Å². The molecule has 110 valence electrons. The van der Waals surface area contributed by atoms with Crippen LogP contribution in [-0.4, -0.2) is 49.9 Å². The van der Waals surface area contributed by atoms with Crippen molar-refractivity contribution in [1.29, 1.82) is 0 Å². The van der Waals surface area contributed by atoms with Crippen LogP contribution in [0.1, 0.15) is 12.0 Å². The lowest BCUT2D eigenvalue weighted by Gasteiger charge is -2.26. The topological polar surface area (TPSA) is 80.5 Å². The van der Waals surface area contributed by atoms with E-state index in [9.17, 15) is 13.2 Å². The van der Waals surface area contributed by atoms with Crippen LogP contribution in [-0.2, 0) is 21.1 Å². The fourth-order valence-electron chi connectivity index (χ4n) is 2.48. The van der Waals surface area contributed by atoms with E-state index < -0.39 is 15.9 Å². The largest absolute Gasteiger partial charge is 0.340 e. The van der Waals surface area contributed by atoms with Gasteiger partial charge in [0.1, 0.15) is 0 Å². The van der Waals surface area contributed by atoms with E-state index in [1.54, 1.807) is 7.05 Å². The van der Waals surface area contributed by atoms with Gasteiger partial charge in [0.2, 0.25) is 5.91 Å². The summed E-state index contributed by atoms with van der Waals surface area (Å²) in [6.45, 7) is 0. The van der Waals surface area contributed by atoms with Gasteiger partial charge in [-0.3, -0.25) is 4.79 Å². The maximum atomic E-state index is 12.3. The molecule has 1 aromatic carbocycles. The van der Waals surface area contributed by atoms with Crippen LogP contribution in [0.2, 0.25) is 0 Å². The molecule has 1 saturated heterocycles. The van der Waals surface area contributed by atoms with Gasteiger partial charge >= 0.3 is 0 Å². The average molecular weight is 296 g/mol. The molecule has 0 spiro atoms. The van der Waals surface area contributed by atoms with E-state index in [2.05, 4.69) is 0 Å². The van der Waals surface area contributed by atoms with Gasteiger partial charge in [-0.15, -0.1) is 0 Å². The van der Waals surface area contributed by atoms with Crippen molar-refractivity contribution in [2.45, 2.75) is 24.9 Å². The lowest BCUT2D eigenvalue weighted by molar-refractivity contribution is -0.132. The number of rotatable bonds is 4. The fourth-order valence-corrected chi connectivity index (χ4v) is 4.25. The molecule has 0 bridgehead atoms. The summed E-state index contributed by atoms with van der Waals surface area (Å²) in [5, 5.41) is 0. The SMILES string of the molecule is CN(C(=O)C(N)Cc1ccccc1)C1CCS(=O)(=O)C1. The smallest absolute Gasteiger partial charge is 0.239 e. The molecule has 2 unspecified atom stereocenters. The summed E-state index contributed by atoms with van der Waals surface area (Å²) in [7, 11) is -1.36. The number of likely N-dealkylation sites (N-methyl/N-ethyl adjacent to an activating group) is 1. The molecule has 1 aromatic rings. The molecule has 0 aliphatic carbocycles. The molecule has 1 amide bonds. The summed E-state index contributed by atoms with van der Waals surface area (Å²) in [4.78, 5) is 13.7. The first-order valence-corrected chi connectivity index (χ1v) is 8.48. The number of nitrogens with two attached hydrogens (primary N) is 1. The zero-order valence-electron chi connectivity index (χ0n) is 11.5. The number of carbonyl (C=O) groups excluding carboxylic acids is 1. The van der Waals surface area contributed by atoms with Gasteiger partial charge in [0.15, 0.2) is 9.84 Å². The van der Waals surface area contributed by atoms with Crippen molar-refractivity contribution in [3.63, 3.8) is 0 Å². The van der Waals surface area contributed by atoms with E-state index >= 15 is 0 Å². The summed E-state index contributed by atoms with van der Waals surface area (Å²) in [6, 6.07) is 8.69. The summed E-state index contributed by atoms with van der Waals surface area (Å²) in [5.74, 6) is 0.00668. The lowest BCUT2D eigenvalue weighted by atomic mass is 10.0. The van der Waals surface area contributed by atoms with Gasteiger partial charge in [0.05, 0.1) is 17.5 Å². The van der Waals surface area contributed by atoms with Crippen LogP contribution >= 0.6 is 0 Å². The number of amides is 1. The van der Waals surface area contributed by atoms with Crippen LogP contribution in [0.15, 0.2) is 30.3 Å². The highest BCUT2D eigenvalue weighted by Gasteiger charge is 2.34. The van der Waals surface area contributed by atoms with Crippen LogP contribution < -0.4 is 5.73 Å². The van der Waals surface area contributed by atoms with Crippen molar-refractivity contribution in [3.05, 3.63) is 35.9 Å². The molecule has 2 N–H and O–H groups in total. The van der Waals surface area contributed by atoms with E-state index in [1.165, 1.54) is 4.90 Å². The highest BCUT2D eigenvalue weighted by Crippen LogP contribution is 2.17. The molecule has 0 aromatic heterocycles. The Bertz CT molecular complexity index is 571. The summed E-state index contributed by atoms with van der Waals surface area (Å²) >= 11 is 0. The van der Waals surface area contributed by atoms with Gasteiger partial charge in [-0.1, -0.05) is 30.3 Å². The van der Waals surface area contributed by atoms with Gasteiger partial charge in [0.25, 0.3) is 0 Å². The molecule has 2 atom stereocenters.